The van der Waals surface area contributed by atoms with Gasteiger partial charge >= 0.3 is 18.0 Å². The fourth-order valence-corrected chi connectivity index (χ4v) is 2.38. The van der Waals surface area contributed by atoms with E-state index in [9.17, 15) is 24.5 Å². The molecule has 2 rings (SSSR count). The predicted molar refractivity (Wildman–Crippen MR) is 103 cm³/mol. The number of carboxylic acid groups (broad SMARTS) is 1. The first-order chi connectivity index (χ1) is 14.3. The maximum Gasteiger partial charge on any atom is 0.408 e. The summed E-state index contributed by atoms with van der Waals surface area (Å²) in [5.41, 5.74) is 5.37. The van der Waals surface area contributed by atoms with Crippen molar-refractivity contribution in [1.82, 2.24) is 5.32 Å². The Morgan fingerprint density at radius 1 is 1.10 bits per heavy atom. The molecule has 0 spiro atoms. The number of esters is 1. The largest absolute Gasteiger partial charge is 0.480 e. The van der Waals surface area contributed by atoms with Gasteiger partial charge in [-0.1, -0.05) is 30.3 Å². The number of benzene rings is 2. The van der Waals surface area contributed by atoms with Gasteiger partial charge in [0.2, 0.25) is 0 Å². The van der Waals surface area contributed by atoms with Crippen molar-refractivity contribution in [1.29, 1.82) is 0 Å². The number of ether oxygens (including phenoxy) is 2. The second-order valence-corrected chi connectivity index (χ2v) is 6.07. The van der Waals surface area contributed by atoms with Crippen LogP contribution in [0.15, 0.2) is 54.6 Å². The van der Waals surface area contributed by atoms with Gasteiger partial charge in [0, 0.05) is 12.5 Å². The second-order valence-electron chi connectivity index (χ2n) is 6.07. The van der Waals surface area contributed by atoms with Crippen LogP contribution in [-0.2, 0) is 20.9 Å². The molecule has 2 aromatic carbocycles. The quantitative estimate of drug-likeness (QED) is 0.237. The van der Waals surface area contributed by atoms with Crippen molar-refractivity contribution in [3.63, 3.8) is 0 Å². The Morgan fingerprint density at radius 2 is 1.73 bits per heavy atom. The van der Waals surface area contributed by atoms with Crippen molar-refractivity contribution in [2.75, 3.05) is 0 Å². The predicted octanol–water partition coefficient (Wildman–Crippen LogP) is 1.60. The van der Waals surface area contributed by atoms with E-state index in [1.54, 1.807) is 18.2 Å². The SMILES string of the molecule is NC(CC(NC(=O)OCc1ccccc1[N+](=O)[O-])C(=O)Oc1ccccc1)C(=O)O. The fraction of sp³-hybridized carbons (Fsp3) is 0.211. The van der Waals surface area contributed by atoms with Gasteiger partial charge in [-0.25, -0.2) is 9.59 Å². The molecule has 0 saturated carbocycles. The van der Waals surface area contributed by atoms with Crippen LogP contribution in [0.2, 0.25) is 0 Å². The lowest BCUT2D eigenvalue weighted by molar-refractivity contribution is -0.385. The molecular weight excluding hydrogens is 398 g/mol. The highest BCUT2D eigenvalue weighted by molar-refractivity contribution is 5.84. The van der Waals surface area contributed by atoms with Crippen LogP contribution >= 0.6 is 0 Å². The second kappa shape index (κ2) is 10.5. The van der Waals surface area contributed by atoms with Gasteiger partial charge in [-0.3, -0.25) is 14.9 Å². The number of nitro groups is 1. The molecule has 0 saturated heterocycles. The lowest BCUT2D eigenvalue weighted by Crippen LogP contribution is -2.48. The van der Waals surface area contributed by atoms with E-state index in [0.717, 1.165) is 0 Å². The summed E-state index contributed by atoms with van der Waals surface area (Å²) in [6.45, 7) is -0.436. The Balaban J connectivity index is 2.05. The van der Waals surface area contributed by atoms with Crippen LogP contribution in [0.25, 0.3) is 0 Å². The minimum Gasteiger partial charge on any atom is -0.480 e. The van der Waals surface area contributed by atoms with Gasteiger partial charge in [0.05, 0.1) is 10.5 Å². The molecule has 0 heterocycles. The van der Waals surface area contributed by atoms with Gasteiger partial charge in [-0.05, 0) is 18.2 Å². The summed E-state index contributed by atoms with van der Waals surface area (Å²) < 4.78 is 10.1. The number of amides is 1. The van der Waals surface area contributed by atoms with Crippen LogP contribution in [0, 0.1) is 10.1 Å². The standard InChI is InChI=1S/C19H19N3O8/c20-14(17(23)24)10-15(18(25)30-13-7-2-1-3-8-13)21-19(26)29-11-12-6-4-5-9-16(12)22(27)28/h1-9,14-15H,10-11,20H2,(H,21,26)(H,23,24). The minimum atomic E-state index is -1.45. The third-order valence-corrected chi connectivity index (χ3v) is 3.89. The molecule has 0 bridgehead atoms. The molecule has 0 radical (unpaired) electrons. The molecule has 0 aliphatic rings. The van der Waals surface area contributed by atoms with E-state index in [0.29, 0.717) is 0 Å². The van der Waals surface area contributed by atoms with Gasteiger partial charge in [0.15, 0.2) is 0 Å². The van der Waals surface area contributed by atoms with Crippen LogP contribution in [0.1, 0.15) is 12.0 Å². The average molecular weight is 417 g/mol. The summed E-state index contributed by atoms with van der Waals surface area (Å²) in [5, 5.41) is 22.2. The zero-order valence-corrected chi connectivity index (χ0v) is 15.6. The number of alkyl carbamates (subject to hydrolysis) is 1. The summed E-state index contributed by atoms with van der Waals surface area (Å²) >= 11 is 0. The van der Waals surface area contributed by atoms with Crippen molar-refractivity contribution in [3.05, 3.63) is 70.3 Å². The molecular formula is C19H19N3O8. The Labute approximate surface area is 170 Å². The van der Waals surface area contributed by atoms with E-state index >= 15 is 0 Å². The van der Waals surface area contributed by atoms with Crippen molar-refractivity contribution < 1.29 is 33.9 Å². The Hall–Kier alpha value is -3.99. The van der Waals surface area contributed by atoms with Gasteiger partial charge in [-0.15, -0.1) is 0 Å². The molecule has 0 fully saturated rings. The first-order valence-electron chi connectivity index (χ1n) is 8.68. The minimum absolute atomic E-state index is 0.142. The molecule has 0 aromatic heterocycles. The molecule has 30 heavy (non-hydrogen) atoms. The molecule has 11 heteroatoms. The molecule has 2 unspecified atom stereocenters. The number of hydrogen-bond donors (Lipinski definition) is 3. The van der Waals surface area contributed by atoms with Crippen LogP contribution in [-0.4, -0.2) is 40.1 Å². The molecule has 2 atom stereocenters. The first kappa shape index (κ1) is 22.3. The van der Waals surface area contributed by atoms with Crippen LogP contribution in [0.3, 0.4) is 0 Å². The number of rotatable bonds is 9. The number of aliphatic carboxylic acids is 1. The summed E-state index contributed by atoms with van der Waals surface area (Å²) in [4.78, 5) is 45.9. The number of para-hydroxylation sites is 2. The zero-order valence-electron chi connectivity index (χ0n) is 15.6. The number of nitrogens with one attached hydrogen (secondary N) is 1. The number of carbonyl (C=O) groups is 3. The number of nitrogens with zero attached hydrogens (tertiary/aromatic N) is 1. The maximum absolute atomic E-state index is 12.4. The van der Waals surface area contributed by atoms with Crippen molar-refractivity contribution >= 4 is 23.7 Å². The molecule has 0 aliphatic heterocycles. The highest BCUT2D eigenvalue weighted by Gasteiger charge is 2.29. The van der Waals surface area contributed by atoms with E-state index in [-0.39, 0.29) is 17.0 Å². The molecule has 0 aliphatic carbocycles. The maximum atomic E-state index is 12.4. The topological polar surface area (TPSA) is 171 Å². The van der Waals surface area contributed by atoms with Crippen LogP contribution in [0.4, 0.5) is 10.5 Å². The summed E-state index contributed by atoms with van der Waals surface area (Å²) in [7, 11) is 0. The van der Waals surface area contributed by atoms with Gasteiger partial charge in [0.25, 0.3) is 5.69 Å². The molecule has 1 amide bonds. The lowest BCUT2D eigenvalue weighted by Gasteiger charge is -2.19. The highest BCUT2D eigenvalue weighted by Crippen LogP contribution is 2.18. The molecule has 158 valence electrons. The number of nitrogens with two attached hydrogens (primary N) is 1. The van der Waals surface area contributed by atoms with Gasteiger partial charge in [0.1, 0.15) is 24.4 Å². The smallest absolute Gasteiger partial charge is 0.408 e. The van der Waals surface area contributed by atoms with Crippen molar-refractivity contribution in [2.24, 2.45) is 5.73 Å². The Kier molecular flexibility index (Phi) is 7.82. The average Bonchev–Trinajstić information content (AvgIpc) is 2.72. The third kappa shape index (κ3) is 6.56. The highest BCUT2D eigenvalue weighted by atomic mass is 16.6. The summed E-state index contributed by atoms with van der Waals surface area (Å²) in [6, 6.07) is 10.7. The van der Waals surface area contributed by atoms with Crippen molar-refractivity contribution in [2.45, 2.75) is 25.1 Å². The van der Waals surface area contributed by atoms with E-state index in [4.69, 9.17) is 20.3 Å². The Bertz CT molecular complexity index is 919. The molecule has 2 aromatic rings. The lowest BCUT2D eigenvalue weighted by atomic mass is 10.1. The molecule has 11 nitrogen and oxygen atoms in total. The van der Waals surface area contributed by atoms with Gasteiger partial charge in [-0.2, -0.15) is 0 Å². The first-order valence-corrected chi connectivity index (χ1v) is 8.68. The van der Waals surface area contributed by atoms with Crippen molar-refractivity contribution in [3.8, 4) is 5.75 Å². The number of carbonyl (C=O) groups excluding carboxylic acids is 2. The van der Waals surface area contributed by atoms with E-state index < -0.39 is 48.1 Å². The van der Waals surface area contributed by atoms with Crippen LogP contribution in [0.5, 0.6) is 5.75 Å². The van der Waals surface area contributed by atoms with Gasteiger partial charge < -0.3 is 25.6 Å². The van der Waals surface area contributed by atoms with E-state index in [2.05, 4.69) is 5.32 Å². The summed E-state index contributed by atoms with van der Waals surface area (Å²) in [6.07, 6.45) is -1.55. The fourth-order valence-electron chi connectivity index (χ4n) is 2.38. The third-order valence-electron chi connectivity index (χ3n) is 3.89. The normalized spacial score (nSPS) is 12.3. The Morgan fingerprint density at radius 3 is 2.37 bits per heavy atom. The zero-order chi connectivity index (χ0) is 22.1. The number of hydrogen-bond acceptors (Lipinski definition) is 8. The van der Waals surface area contributed by atoms with E-state index in [1.807, 2.05) is 0 Å². The molecule has 4 N–H and O–H groups in total. The monoisotopic (exact) mass is 417 g/mol. The number of carboxylic acids is 1. The number of nitro benzene ring substituents is 1. The summed E-state index contributed by atoms with van der Waals surface area (Å²) in [5.74, 6) is -2.13. The van der Waals surface area contributed by atoms with E-state index in [1.165, 1.54) is 36.4 Å². The van der Waals surface area contributed by atoms with Crippen LogP contribution < -0.4 is 15.8 Å².